The molecule has 21 heavy (non-hydrogen) atoms. The van der Waals surface area contributed by atoms with Crippen molar-refractivity contribution in [3.8, 4) is 5.88 Å². The zero-order valence-electron chi connectivity index (χ0n) is 12.1. The molecule has 0 aliphatic heterocycles. The first-order valence-corrected chi connectivity index (χ1v) is 6.56. The maximum absolute atomic E-state index is 12.0. The number of hydrogen-bond donors (Lipinski definition) is 1. The molecule has 0 unspecified atom stereocenters. The fraction of sp³-hybridized carbons (Fsp3) is 0.267. The molecule has 0 saturated carbocycles. The number of amides is 2. The minimum absolute atomic E-state index is 0.136. The van der Waals surface area contributed by atoms with E-state index in [2.05, 4.69) is 15.3 Å². The summed E-state index contributed by atoms with van der Waals surface area (Å²) in [6.45, 7) is 0.965. The molecule has 6 nitrogen and oxygen atoms in total. The number of nitrogens with one attached hydrogen (secondary N) is 1. The van der Waals surface area contributed by atoms with Crippen LogP contribution < -0.4 is 10.1 Å². The van der Waals surface area contributed by atoms with E-state index >= 15 is 0 Å². The normalized spacial score (nSPS) is 10.0. The van der Waals surface area contributed by atoms with Crippen LogP contribution >= 0.6 is 0 Å². The first-order chi connectivity index (χ1) is 10.2. The van der Waals surface area contributed by atoms with Crippen molar-refractivity contribution in [1.29, 1.82) is 0 Å². The van der Waals surface area contributed by atoms with Crippen molar-refractivity contribution in [2.45, 2.75) is 13.1 Å². The lowest BCUT2D eigenvalue weighted by Gasteiger charge is -2.18. The van der Waals surface area contributed by atoms with Gasteiger partial charge in [-0.1, -0.05) is 0 Å². The molecule has 0 saturated heterocycles. The fourth-order valence-corrected chi connectivity index (χ4v) is 1.82. The van der Waals surface area contributed by atoms with Gasteiger partial charge in [0, 0.05) is 44.8 Å². The summed E-state index contributed by atoms with van der Waals surface area (Å²) in [6.07, 6.45) is 5.08. The van der Waals surface area contributed by atoms with E-state index in [1.54, 1.807) is 43.7 Å². The van der Waals surface area contributed by atoms with Crippen molar-refractivity contribution in [3.63, 3.8) is 0 Å². The average Bonchev–Trinajstić information content (AvgIpc) is 2.53. The van der Waals surface area contributed by atoms with E-state index in [1.807, 2.05) is 18.2 Å². The highest BCUT2D eigenvalue weighted by Crippen LogP contribution is 2.08. The Hall–Kier alpha value is -2.63. The van der Waals surface area contributed by atoms with Gasteiger partial charge in [-0.2, -0.15) is 0 Å². The molecule has 2 aromatic rings. The van der Waals surface area contributed by atoms with Gasteiger partial charge in [0.2, 0.25) is 5.88 Å². The van der Waals surface area contributed by atoms with Crippen LogP contribution in [-0.2, 0) is 13.1 Å². The quantitative estimate of drug-likeness (QED) is 0.910. The van der Waals surface area contributed by atoms with E-state index < -0.39 is 0 Å². The summed E-state index contributed by atoms with van der Waals surface area (Å²) in [4.78, 5) is 21.6. The lowest BCUT2D eigenvalue weighted by atomic mass is 10.2. The standard InChI is InChI=1S/C15H18N4O2/c1-19(11-12-3-6-16-7-4-12)15(20)18-10-13-5-8-17-14(9-13)21-2/h3-9H,10-11H2,1-2H3,(H,18,20). The molecule has 2 heterocycles. The van der Waals surface area contributed by atoms with Crippen molar-refractivity contribution in [1.82, 2.24) is 20.2 Å². The molecular weight excluding hydrogens is 268 g/mol. The third kappa shape index (κ3) is 4.45. The molecule has 0 aliphatic carbocycles. The second-order valence-electron chi connectivity index (χ2n) is 4.58. The Morgan fingerprint density at radius 1 is 1.24 bits per heavy atom. The molecule has 2 amide bonds. The monoisotopic (exact) mass is 286 g/mol. The van der Waals surface area contributed by atoms with Gasteiger partial charge in [0.1, 0.15) is 0 Å². The summed E-state index contributed by atoms with van der Waals surface area (Å²) in [6, 6.07) is 7.27. The lowest BCUT2D eigenvalue weighted by Crippen LogP contribution is -2.36. The minimum Gasteiger partial charge on any atom is -0.481 e. The number of urea groups is 1. The average molecular weight is 286 g/mol. The SMILES string of the molecule is COc1cc(CNC(=O)N(C)Cc2ccncc2)ccn1. The topological polar surface area (TPSA) is 67.3 Å². The third-order valence-corrected chi connectivity index (χ3v) is 2.97. The molecule has 0 atom stereocenters. The smallest absolute Gasteiger partial charge is 0.317 e. The number of hydrogen-bond acceptors (Lipinski definition) is 4. The van der Waals surface area contributed by atoms with Crippen molar-refractivity contribution >= 4 is 6.03 Å². The minimum atomic E-state index is -0.136. The third-order valence-electron chi connectivity index (χ3n) is 2.97. The van der Waals surface area contributed by atoms with Crippen molar-refractivity contribution < 1.29 is 9.53 Å². The van der Waals surface area contributed by atoms with Crippen LogP contribution in [0, 0.1) is 0 Å². The van der Waals surface area contributed by atoms with Crippen LogP contribution in [-0.4, -0.2) is 35.1 Å². The zero-order chi connectivity index (χ0) is 15.1. The highest BCUT2D eigenvalue weighted by atomic mass is 16.5. The van der Waals surface area contributed by atoms with Gasteiger partial charge in [-0.25, -0.2) is 9.78 Å². The van der Waals surface area contributed by atoms with Crippen molar-refractivity contribution in [2.75, 3.05) is 14.2 Å². The number of pyridine rings is 2. The van der Waals surface area contributed by atoms with Gasteiger partial charge < -0.3 is 15.0 Å². The summed E-state index contributed by atoms with van der Waals surface area (Å²) in [5, 5.41) is 2.86. The lowest BCUT2D eigenvalue weighted by molar-refractivity contribution is 0.206. The Kier molecular flexibility index (Phi) is 5.09. The van der Waals surface area contributed by atoms with Gasteiger partial charge >= 0.3 is 6.03 Å². The molecule has 1 N–H and O–H groups in total. The van der Waals surface area contributed by atoms with Crippen molar-refractivity contribution in [3.05, 3.63) is 54.0 Å². The molecule has 0 spiro atoms. The zero-order valence-corrected chi connectivity index (χ0v) is 12.1. The first kappa shape index (κ1) is 14.8. The van der Waals surface area contributed by atoms with Gasteiger partial charge in [0.05, 0.1) is 7.11 Å². The van der Waals surface area contributed by atoms with Gasteiger partial charge in [-0.3, -0.25) is 4.98 Å². The number of carbonyl (C=O) groups excluding carboxylic acids is 1. The van der Waals surface area contributed by atoms with Gasteiger partial charge in [0.25, 0.3) is 0 Å². The fourth-order valence-electron chi connectivity index (χ4n) is 1.82. The number of nitrogens with zero attached hydrogens (tertiary/aromatic N) is 3. The summed E-state index contributed by atoms with van der Waals surface area (Å²) in [7, 11) is 3.32. The van der Waals surface area contributed by atoms with Crippen LogP contribution in [0.5, 0.6) is 5.88 Å². The molecule has 6 heteroatoms. The summed E-state index contributed by atoms with van der Waals surface area (Å²) in [5.41, 5.74) is 1.97. The number of carbonyl (C=O) groups is 1. The van der Waals surface area contributed by atoms with Crippen LogP contribution in [0.25, 0.3) is 0 Å². The van der Waals surface area contributed by atoms with E-state index in [4.69, 9.17) is 4.74 Å². The van der Waals surface area contributed by atoms with Gasteiger partial charge in [-0.15, -0.1) is 0 Å². The van der Waals surface area contributed by atoms with Gasteiger partial charge in [-0.05, 0) is 29.3 Å². The molecule has 0 aromatic carbocycles. The van der Waals surface area contributed by atoms with Crippen LogP contribution in [0.3, 0.4) is 0 Å². The molecule has 0 aliphatic rings. The summed E-state index contributed by atoms with van der Waals surface area (Å²) >= 11 is 0. The Balaban J connectivity index is 1.86. The maximum atomic E-state index is 12.0. The van der Waals surface area contributed by atoms with E-state index in [-0.39, 0.29) is 6.03 Å². The molecule has 110 valence electrons. The van der Waals surface area contributed by atoms with E-state index in [0.717, 1.165) is 11.1 Å². The van der Waals surface area contributed by atoms with Crippen LogP contribution in [0.15, 0.2) is 42.9 Å². The first-order valence-electron chi connectivity index (χ1n) is 6.56. The highest BCUT2D eigenvalue weighted by Gasteiger charge is 2.08. The number of rotatable bonds is 5. The molecule has 0 fully saturated rings. The Labute approximate surface area is 123 Å². The predicted molar refractivity (Wildman–Crippen MR) is 78.7 cm³/mol. The van der Waals surface area contributed by atoms with E-state index in [1.165, 1.54) is 0 Å². The second-order valence-corrected chi connectivity index (χ2v) is 4.58. The van der Waals surface area contributed by atoms with Crippen LogP contribution in [0.4, 0.5) is 4.79 Å². The largest absolute Gasteiger partial charge is 0.481 e. The molecule has 2 aromatic heterocycles. The number of ether oxygens (including phenoxy) is 1. The van der Waals surface area contributed by atoms with Gasteiger partial charge in [0.15, 0.2) is 0 Å². The molecular formula is C15H18N4O2. The summed E-state index contributed by atoms with van der Waals surface area (Å²) in [5.74, 6) is 0.534. The highest BCUT2D eigenvalue weighted by molar-refractivity contribution is 5.73. The van der Waals surface area contributed by atoms with Crippen LogP contribution in [0.1, 0.15) is 11.1 Å². The number of methoxy groups -OCH3 is 1. The van der Waals surface area contributed by atoms with Crippen LogP contribution in [0.2, 0.25) is 0 Å². The Morgan fingerprint density at radius 2 is 1.95 bits per heavy atom. The Bertz CT molecular complexity index is 589. The molecule has 0 radical (unpaired) electrons. The number of aromatic nitrogens is 2. The predicted octanol–water partition coefficient (Wildman–Crippen LogP) is 1.83. The van der Waals surface area contributed by atoms with E-state index in [0.29, 0.717) is 19.0 Å². The maximum Gasteiger partial charge on any atom is 0.317 e. The molecule has 2 rings (SSSR count). The molecule has 0 bridgehead atoms. The van der Waals surface area contributed by atoms with E-state index in [9.17, 15) is 4.79 Å². The second kappa shape index (κ2) is 7.23. The van der Waals surface area contributed by atoms with Crippen molar-refractivity contribution in [2.24, 2.45) is 0 Å². The summed E-state index contributed by atoms with van der Waals surface area (Å²) < 4.78 is 5.05. The Morgan fingerprint density at radius 3 is 2.67 bits per heavy atom.